The summed E-state index contributed by atoms with van der Waals surface area (Å²) in [5.41, 5.74) is 3.90. The standard InChI is InChI=1S/C14H20ClN/c1-10-6-14(5-4-13(10)7-15)16-8-11(2)12(3)9-16/h4-6,11-12H,7-9H2,1-3H3. The van der Waals surface area contributed by atoms with Crippen molar-refractivity contribution in [2.75, 3.05) is 18.0 Å². The average Bonchev–Trinajstić information content (AvgIpc) is 2.59. The van der Waals surface area contributed by atoms with Crippen molar-refractivity contribution in [1.29, 1.82) is 0 Å². The highest BCUT2D eigenvalue weighted by Crippen LogP contribution is 2.29. The van der Waals surface area contributed by atoms with Crippen molar-refractivity contribution in [3.63, 3.8) is 0 Å². The summed E-state index contributed by atoms with van der Waals surface area (Å²) in [4.78, 5) is 2.49. The van der Waals surface area contributed by atoms with Crippen LogP contribution >= 0.6 is 11.6 Å². The van der Waals surface area contributed by atoms with Crippen molar-refractivity contribution < 1.29 is 0 Å². The maximum absolute atomic E-state index is 5.88. The molecular formula is C14H20ClN. The van der Waals surface area contributed by atoms with Crippen LogP contribution in [-0.2, 0) is 5.88 Å². The summed E-state index contributed by atoms with van der Waals surface area (Å²) in [7, 11) is 0. The molecule has 1 saturated heterocycles. The van der Waals surface area contributed by atoms with E-state index in [1.165, 1.54) is 29.9 Å². The molecule has 1 fully saturated rings. The lowest BCUT2D eigenvalue weighted by Gasteiger charge is -2.19. The predicted octanol–water partition coefficient (Wildman–Crippen LogP) is 3.83. The van der Waals surface area contributed by atoms with Gasteiger partial charge in [0.2, 0.25) is 0 Å². The third-order valence-electron chi connectivity index (χ3n) is 3.82. The summed E-state index contributed by atoms with van der Waals surface area (Å²) >= 11 is 5.88. The molecule has 2 atom stereocenters. The smallest absolute Gasteiger partial charge is 0.0476 e. The minimum absolute atomic E-state index is 0.610. The minimum atomic E-state index is 0.610. The van der Waals surface area contributed by atoms with E-state index in [1.807, 2.05) is 0 Å². The van der Waals surface area contributed by atoms with Gasteiger partial charge in [-0.1, -0.05) is 19.9 Å². The van der Waals surface area contributed by atoms with Crippen LogP contribution in [0.5, 0.6) is 0 Å². The molecule has 0 aromatic heterocycles. The first-order chi connectivity index (χ1) is 7.61. The lowest BCUT2D eigenvalue weighted by molar-refractivity contribution is 0.494. The molecule has 1 heterocycles. The third-order valence-corrected chi connectivity index (χ3v) is 4.11. The van der Waals surface area contributed by atoms with Gasteiger partial charge in [0.05, 0.1) is 0 Å². The third kappa shape index (κ3) is 2.20. The Morgan fingerprint density at radius 1 is 1.25 bits per heavy atom. The first-order valence-corrected chi connectivity index (χ1v) is 6.55. The number of hydrogen-bond acceptors (Lipinski definition) is 1. The van der Waals surface area contributed by atoms with Crippen LogP contribution in [0.25, 0.3) is 0 Å². The number of anilines is 1. The van der Waals surface area contributed by atoms with Crippen molar-refractivity contribution >= 4 is 17.3 Å². The first-order valence-electron chi connectivity index (χ1n) is 6.02. The number of halogens is 1. The van der Waals surface area contributed by atoms with Gasteiger partial charge >= 0.3 is 0 Å². The van der Waals surface area contributed by atoms with Gasteiger partial charge in [-0.15, -0.1) is 11.6 Å². The van der Waals surface area contributed by atoms with E-state index in [0.29, 0.717) is 5.88 Å². The fraction of sp³-hybridized carbons (Fsp3) is 0.571. The van der Waals surface area contributed by atoms with Crippen LogP contribution in [0, 0.1) is 18.8 Å². The SMILES string of the molecule is Cc1cc(N2CC(C)C(C)C2)ccc1CCl. The second kappa shape index (κ2) is 4.67. The van der Waals surface area contributed by atoms with Crippen molar-refractivity contribution in [1.82, 2.24) is 0 Å². The van der Waals surface area contributed by atoms with E-state index < -0.39 is 0 Å². The van der Waals surface area contributed by atoms with Crippen LogP contribution in [0.2, 0.25) is 0 Å². The van der Waals surface area contributed by atoms with Gasteiger partial charge < -0.3 is 4.90 Å². The summed E-state index contributed by atoms with van der Waals surface area (Å²) in [5, 5.41) is 0. The Bertz CT molecular complexity index is 365. The van der Waals surface area contributed by atoms with E-state index in [2.05, 4.69) is 43.9 Å². The molecule has 2 unspecified atom stereocenters. The lowest BCUT2D eigenvalue weighted by atomic mass is 10.0. The highest BCUT2D eigenvalue weighted by atomic mass is 35.5. The molecule has 1 nitrogen and oxygen atoms in total. The number of aryl methyl sites for hydroxylation is 1. The Morgan fingerprint density at radius 3 is 2.38 bits per heavy atom. The lowest BCUT2D eigenvalue weighted by Crippen LogP contribution is -2.19. The molecule has 2 heteroatoms. The molecule has 0 N–H and O–H groups in total. The van der Waals surface area contributed by atoms with Crippen LogP contribution in [0.15, 0.2) is 18.2 Å². The Balaban J connectivity index is 2.19. The van der Waals surface area contributed by atoms with Crippen LogP contribution in [0.1, 0.15) is 25.0 Å². The summed E-state index contributed by atoms with van der Waals surface area (Å²) in [5.74, 6) is 2.21. The molecule has 1 aliphatic rings. The van der Waals surface area contributed by atoms with Crippen LogP contribution in [-0.4, -0.2) is 13.1 Å². The maximum atomic E-state index is 5.88. The molecule has 0 saturated carbocycles. The molecule has 2 rings (SSSR count). The molecule has 0 aliphatic carbocycles. The normalized spacial score (nSPS) is 25.1. The van der Waals surface area contributed by atoms with E-state index in [9.17, 15) is 0 Å². The second-order valence-corrected chi connectivity index (χ2v) is 5.37. The molecule has 1 aliphatic heterocycles. The topological polar surface area (TPSA) is 3.24 Å². The Kier molecular flexibility index (Phi) is 3.44. The number of rotatable bonds is 2. The van der Waals surface area contributed by atoms with Gasteiger partial charge in [0.25, 0.3) is 0 Å². The molecule has 0 spiro atoms. The molecule has 0 amide bonds. The van der Waals surface area contributed by atoms with Gasteiger partial charge in [0.15, 0.2) is 0 Å². The van der Waals surface area contributed by atoms with E-state index in [-0.39, 0.29) is 0 Å². The largest absolute Gasteiger partial charge is 0.371 e. The van der Waals surface area contributed by atoms with Crippen LogP contribution in [0.4, 0.5) is 5.69 Å². The second-order valence-electron chi connectivity index (χ2n) is 5.10. The highest BCUT2D eigenvalue weighted by molar-refractivity contribution is 6.17. The highest BCUT2D eigenvalue weighted by Gasteiger charge is 2.26. The van der Waals surface area contributed by atoms with Gasteiger partial charge in [-0.3, -0.25) is 0 Å². The Labute approximate surface area is 103 Å². The zero-order valence-electron chi connectivity index (χ0n) is 10.3. The van der Waals surface area contributed by atoms with Crippen molar-refractivity contribution in [3.8, 4) is 0 Å². The van der Waals surface area contributed by atoms with Gasteiger partial charge in [-0.25, -0.2) is 0 Å². The Morgan fingerprint density at radius 2 is 1.88 bits per heavy atom. The molecule has 88 valence electrons. The zero-order chi connectivity index (χ0) is 11.7. The van der Waals surface area contributed by atoms with Gasteiger partial charge in [0.1, 0.15) is 0 Å². The van der Waals surface area contributed by atoms with Gasteiger partial charge in [-0.2, -0.15) is 0 Å². The van der Waals surface area contributed by atoms with Gasteiger partial charge in [0, 0.05) is 24.7 Å². The van der Waals surface area contributed by atoms with E-state index >= 15 is 0 Å². The molecule has 16 heavy (non-hydrogen) atoms. The zero-order valence-corrected chi connectivity index (χ0v) is 11.1. The number of alkyl halides is 1. The number of benzene rings is 1. The minimum Gasteiger partial charge on any atom is -0.371 e. The molecule has 0 radical (unpaired) electrons. The van der Waals surface area contributed by atoms with Crippen molar-refractivity contribution in [3.05, 3.63) is 29.3 Å². The predicted molar refractivity (Wildman–Crippen MR) is 71.3 cm³/mol. The molecule has 1 aromatic carbocycles. The Hall–Kier alpha value is -0.690. The number of nitrogens with zero attached hydrogens (tertiary/aromatic N) is 1. The van der Waals surface area contributed by atoms with E-state index in [0.717, 1.165) is 11.8 Å². The van der Waals surface area contributed by atoms with Crippen LogP contribution in [0.3, 0.4) is 0 Å². The average molecular weight is 238 g/mol. The van der Waals surface area contributed by atoms with Gasteiger partial charge in [-0.05, 0) is 42.0 Å². The first kappa shape index (κ1) is 11.8. The van der Waals surface area contributed by atoms with E-state index in [4.69, 9.17) is 11.6 Å². The quantitative estimate of drug-likeness (QED) is 0.707. The molecule has 0 bridgehead atoms. The fourth-order valence-corrected chi connectivity index (χ4v) is 2.67. The summed E-state index contributed by atoms with van der Waals surface area (Å²) in [6.45, 7) is 9.18. The van der Waals surface area contributed by atoms with Crippen LogP contribution < -0.4 is 4.90 Å². The summed E-state index contributed by atoms with van der Waals surface area (Å²) in [6.07, 6.45) is 0. The number of hydrogen-bond donors (Lipinski definition) is 0. The summed E-state index contributed by atoms with van der Waals surface area (Å²) < 4.78 is 0. The monoisotopic (exact) mass is 237 g/mol. The summed E-state index contributed by atoms with van der Waals surface area (Å²) in [6, 6.07) is 6.63. The maximum Gasteiger partial charge on any atom is 0.0476 e. The fourth-order valence-electron chi connectivity index (χ4n) is 2.37. The van der Waals surface area contributed by atoms with E-state index in [1.54, 1.807) is 0 Å². The molecule has 1 aromatic rings. The van der Waals surface area contributed by atoms with Crippen molar-refractivity contribution in [2.45, 2.75) is 26.7 Å². The molecular weight excluding hydrogens is 218 g/mol. The van der Waals surface area contributed by atoms with Crippen molar-refractivity contribution in [2.24, 2.45) is 11.8 Å².